The van der Waals surface area contributed by atoms with Crippen molar-refractivity contribution in [2.45, 2.75) is 13.0 Å². The summed E-state index contributed by atoms with van der Waals surface area (Å²) >= 11 is 1.33. The average Bonchev–Trinajstić information content (AvgIpc) is 3.32. The largest absolute Gasteiger partial charge is 0.463 e. The second kappa shape index (κ2) is 11.5. The summed E-state index contributed by atoms with van der Waals surface area (Å²) in [5, 5.41) is 0. The molecule has 2 aliphatic rings. The van der Waals surface area contributed by atoms with Crippen LogP contribution < -0.4 is 19.8 Å². The normalized spacial score (nSPS) is 17.4. The molecular weight excluding hydrogens is 522 g/mol. The fourth-order valence-corrected chi connectivity index (χ4v) is 6.15. The summed E-state index contributed by atoms with van der Waals surface area (Å²) in [7, 11) is 0. The first kappa shape index (κ1) is 26.0. The van der Waals surface area contributed by atoms with E-state index >= 15 is 0 Å². The Labute approximate surface area is 236 Å². The Bertz CT molecular complexity index is 1720. The number of ether oxygens (including phenoxy) is 2. The molecule has 0 amide bonds. The van der Waals surface area contributed by atoms with E-state index in [-0.39, 0.29) is 12.2 Å². The Kier molecular flexibility index (Phi) is 7.44. The molecule has 7 nitrogen and oxygen atoms in total. The monoisotopic (exact) mass is 551 g/mol. The molecule has 4 aromatic rings. The summed E-state index contributed by atoms with van der Waals surface area (Å²) in [6.07, 6.45) is 1.89. The van der Waals surface area contributed by atoms with Crippen molar-refractivity contribution in [2.24, 2.45) is 4.99 Å². The van der Waals surface area contributed by atoms with Crippen LogP contribution in [-0.4, -0.2) is 43.4 Å². The van der Waals surface area contributed by atoms with Crippen LogP contribution in [0.15, 0.2) is 100 Å². The van der Waals surface area contributed by atoms with E-state index in [9.17, 15) is 9.59 Å². The molecule has 1 fully saturated rings. The van der Waals surface area contributed by atoms with E-state index in [0.29, 0.717) is 20.6 Å². The van der Waals surface area contributed by atoms with Crippen molar-refractivity contribution in [1.82, 2.24) is 4.57 Å². The molecule has 0 saturated carbocycles. The second-order valence-electron chi connectivity index (χ2n) is 9.53. The summed E-state index contributed by atoms with van der Waals surface area (Å²) in [4.78, 5) is 35.2. The van der Waals surface area contributed by atoms with Crippen LogP contribution in [0.5, 0.6) is 0 Å². The summed E-state index contributed by atoms with van der Waals surface area (Å²) in [5.41, 5.74) is 4.36. The third-order valence-electron chi connectivity index (χ3n) is 7.06. The first-order chi connectivity index (χ1) is 19.6. The summed E-state index contributed by atoms with van der Waals surface area (Å²) in [6.45, 7) is 5.18. The fraction of sp³-hybridized carbons (Fsp3) is 0.219. The van der Waals surface area contributed by atoms with Crippen molar-refractivity contribution in [2.75, 3.05) is 37.8 Å². The molecule has 0 bridgehead atoms. The van der Waals surface area contributed by atoms with Gasteiger partial charge in [0.1, 0.15) is 0 Å². The fourth-order valence-electron chi connectivity index (χ4n) is 5.15. The van der Waals surface area contributed by atoms with Crippen molar-refractivity contribution in [3.8, 4) is 0 Å². The SMILES string of the molecule is CCOC(=O)C1=C(c2ccccc2)N=c2s/c(=C/c3ccc(N4CCOCC4)cc3)c(=O)n2[C@@H]1c1ccccc1. The van der Waals surface area contributed by atoms with E-state index in [2.05, 4.69) is 17.0 Å². The average molecular weight is 552 g/mol. The number of morpholine rings is 1. The number of esters is 1. The van der Waals surface area contributed by atoms with Gasteiger partial charge in [-0.25, -0.2) is 9.79 Å². The molecule has 0 spiro atoms. The van der Waals surface area contributed by atoms with Gasteiger partial charge in [0.2, 0.25) is 0 Å². The zero-order chi connectivity index (χ0) is 27.5. The van der Waals surface area contributed by atoms with Gasteiger partial charge in [-0.15, -0.1) is 0 Å². The molecule has 0 radical (unpaired) electrons. The van der Waals surface area contributed by atoms with Gasteiger partial charge in [-0.3, -0.25) is 9.36 Å². The quantitative estimate of drug-likeness (QED) is 0.341. The second-order valence-corrected chi connectivity index (χ2v) is 10.5. The van der Waals surface area contributed by atoms with Crippen molar-refractivity contribution in [3.05, 3.63) is 127 Å². The van der Waals surface area contributed by atoms with Crippen LogP contribution in [-0.2, 0) is 14.3 Å². The molecule has 1 atom stereocenters. The van der Waals surface area contributed by atoms with Gasteiger partial charge in [-0.05, 0) is 36.3 Å². The van der Waals surface area contributed by atoms with E-state index < -0.39 is 12.0 Å². The van der Waals surface area contributed by atoms with E-state index in [0.717, 1.165) is 48.7 Å². The Morgan fingerprint density at radius 3 is 2.35 bits per heavy atom. The van der Waals surface area contributed by atoms with Gasteiger partial charge in [-0.2, -0.15) is 0 Å². The molecule has 1 aromatic heterocycles. The maximum absolute atomic E-state index is 14.0. The minimum Gasteiger partial charge on any atom is -0.463 e. The summed E-state index contributed by atoms with van der Waals surface area (Å²) in [6, 6.07) is 26.7. The predicted molar refractivity (Wildman–Crippen MR) is 157 cm³/mol. The highest BCUT2D eigenvalue weighted by Gasteiger charge is 2.35. The maximum Gasteiger partial charge on any atom is 0.338 e. The lowest BCUT2D eigenvalue weighted by molar-refractivity contribution is -0.138. The summed E-state index contributed by atoms with van der Waals surface area (Å²) < 4.78 is 13.2. The smallest absolute Gasteiger partial charge is 0.338 e. The molecule has 0 N–H and O–H groups in total. The van der Waals surface area contributed by atoms with Gasteiger partial charge in [0.15, 0.2) is 4.80 Å². The molecule has 3 aromatic carbocycles. The van der Waals surface area contributed by atoms with Crippen LogP contribution in [0, 0.1) is 0 Å². The predicted octanol–water partition coefficient (Wildman–Crippen LogP) is 3.77. The number of rotatable bonds is 6. The van der Waals surface area contributed by atoms with E-state index in [1.165, 1.54) is 11.3 Å². The number of anilines is 1. The van der Waals surface area contributed by atoms with Crippen LogP contribution in [0.1, 0.15) is 29.7 Å². The number of carbonyl (C=O) groups excluding carboxylic acids is 1. The third kappa shape index (κ3) is 5.03. The lowest BCUT2D eigenvalue weighted by Crippen LogP contribution is -2.40. The number of thiazole rings is 1. The van der Waals surface area contributed by atoms with Crippen LogP contribution in [0.25, 0.3) is 11.8 Å². The van der Waals surface area contributed by atoms with Crippen LogP contribution in [0.4, 0.5) is 5.69 Å². The molecule has 6 rings (SSSR count). The number of hydrogen-bond acceptors (Lipinski definition) is 7. The minimum absolute atomic E-state index is 0.191. The molecule has 202 valence electrons. The number of nitrogens with zero attached hydrogens (tertiary/aromatic N) is 3. The molecule has 1 saturated heterocycles. The van der Waals surface area contributed by atoms with Crippen LogP contribution >= 0.6 is 11.3 Å². The van der Waals surface area contributed by atoms with Gasteiger partial charge < -0.3 is 14.4 Å². The molecule has 0 aliphatic carbocycles. The van der Waals surface area contributed by atoms with E-state index in [1.54, 1.807) is 11.5 Å². The molecular formula is C32H29N3O4S. The Hall–Kier alpha value is -4.27. The minimum atomic E-state index is -0.669. The van der Waals surface area contributed by atoms with Gasteiger partial charge in [0.05, 0.1) is 41.7 Å². The van der Waals surface area contributed by atoms with E-state index in [1.807, 2.05) is 78.9 Å². The molecule has 40 heavy (non-hydrogen) atoms. The lowest BCUT2D eigenvalue weighted by Gasteiger charge is -2.28. The number of benzene rings is 3. The van der Waals surface area contributed by atoms with Crippen molar-refractivity contribution >= 4 is 34.8 Å². The van der Waals surface area contributed by atoms with E-state index in [4.69, 9.17) is 14.5 Å². The summed E-state index contributed by atoms with van der Waals surface area (Å²) in [5.74, 6) is -0.480. The number of aromatic nitrogens is 1. The van der Waals surface area contributed by atoms with Crippen molar-refractivity contribution in [3.63, 3.8) is 0 Å². The lowest BCUT2D eigenvalue weighted by atomic mass is 9.93. The Morgan fingerprint density at radius 2 is 1.68 bits per heavy atom. The van der Waals surface area contributed by atoms with Gasteiger partial charge in [0, 0.05) is 24.3 Å². The topological polar surface area (TPSA) is 73.1 Å². The molecule has 3 heterocycles. The number of carbonyl (C=O) groups is 1. The zero-order valence-corrected chi connectivity index (χ0v) is 23.0. The first-order valence-corrected chi connectivity index (χ1v) is 14.2. The van der Waals surface area contributed by atoms with Crippen molar-refractivity contribution in [1.29, 1.82) is 0 Å². The highest BCUT2D eigenvalue weighted by atomic mass is 32.1. The van der Waals surface area contributed by atoms with Gasteiger partial charge >= 0.3 is 5.97 Å². The van der Waals surface area contributed by atoms with Gasteiger partial charge in [0.25, 0.3) is 5.56 Å². The van der Waals surface area contributed by atoms with Crippen LogP contribution in [0.3, 0.4) is 0 Å². The number of hydrogen-bond donors (Lipinski definition) is 0. The molecule has 2 aliphatic heterocycles. The third-order valence-corrected chi connectivity index (χ3v) is 8.04. The van der Waals surface area contributed by atoms with Crippen molar-refractivity contribution < 1.29 is 14.3 Å². The highest BCUT2D eigenvalue weighted by molar-refractivity contribution is 7.07. The molecule has 8 heteroatoms. The zero-order valence-electron chi connectivity index (χ0n) is 22.2. The number of fused-ring (bicyclic) bond motifs is 1. The standard InChI is InChI=1S/C32H29N3O4S/c1-2-39-31(37)27-28(23-9-5-3-6-10-23)33-32-35(29(27)24-11-7-4-8-12-24)30(36)26(40-32)21-22-13-15-25(16-14-22)34-17-19-38-20-18-34/h3-16,21,29H,2,17-20H2,1H3/b26-21+/t29-/m1/s1. The van der Waals surface area contributed by atoms with Gasteiger partial charge in [-0.1, -0.05) is 84.1 Å². The Balaban J connectivity index is 1.51. The maximum atomic E-state index is 14.0. The first-order valence-electron chi connectivity index (χ1n) is 13.4. The Morgan fingerprint density at radius 1 is 1.00 bits per heavy atom. The molecule has 0 unspecified atom stereocenters. The van der Waals surface area contributed by atoms with Crippen LogP contribution in [0.2, 0.25) is 0 Å². The highest BCUT2D eigenvalue weighted by Crippen LogP contribution is 2.35.